The Balaban J connectivity index is 3.38. The van der Waals surface area contributed by atoms with Crippen LogP contribution in [-0.4, -0.2) is 16.9 Å². The first-order valence-electron chi connectivity index (χ1n) is 5.23. The van der Waals surface area contributed by atoms with Gasteiger partial charge in [-0.05, 0) is 42.5 Å². The molecule has 86 valence electrons. The van der Waals surface area contributed by atoms with E-state index in [0.29, 0.717) is 5.56 Å². The molecule has 1 aromatic carbocycles. The second kappa shape index (κ2) is 4.47. The summed E-state index contributed by atoms with van der Waals surface area (Å²) in [7, 11) is 0. The largest absolute Gasteiger partial charge is 0.475 e. The van der Waals surface area contributed by atoms with E-state index < -0.39 is 11.8 Å². The number of ketones is 1. The Morgan fingerprint density at radius 1 is 1.19 bits per heavy atom. The van der Waals surface area contributed by atoms with Gasteiger partial charge in [-0.15, -0.1) is 0 Å². The number of carboxylic acid groups (broad SMARTS) is 1. The average molecular weight is 220 g/mol. The molecule has 0 aliphatic rings. The third-order valence-electron chi connectivity index (χ3n) is 2.80. The van der Waals surface area contributed by atoms with Crippen LogP contribution in [0.1, 0.15) is 46.8 Å². The van der Waals surface area contributed by atoms with E-state index >= 15 is 0 Å². The molecule has 0 saturated heterocycles. The van der Waals surface area contributed by atoms with Gasteiger partial charge in [-0.25, -0.2) is 4.79 Å². The second-order valence-electron chi connectivity index (χ2n) is 4.30. The molecule has 0 aliphatic heterocycles. The zero-order valence-electron chi connectivity index (χ0n) is 10.00. The zero-order valence-corrected chi connectivity index (χ0v) is 10.00. The maximum absolute atomic E-state index is 11.5. The van der Waals surface area contributed by atoms with Crippen molar-refractivity contribution in [1.29, 1.82) is 0 Å². The third kappa shape index (κ3) is 2.30. The lowest BCUT2D eigenvalue weighted by Crippen LogP contribution is -2.15. The number of carbonyl (C=O) groups excluding carboxylic acids is 1. The molecule has 0 fully saturated rings. The fraction of sp³-hybridized carbons (Fsp3) is 0.385. The monoisotopic (exact) mass is 220 g/mol. The summed E-state index contributed by atoms with van der Waals surface area (Å²) in [5.74, 6) is -1.95. The summed E-state index contributed by atoms with van der Waals surface area (Å²) in [5, 5.41) is 8.73. The number of benzene rings is 1. The lowest BCUT2D eigenvalue weighted by atomic mass is 9.92. The van der Waals surface area contributed by atoms with E-state index in [9.17, 15) is 9.59 Å². The van der Waals surface area contributed by atoms with Crippen molar-refractivity contribution in [1.82, 2.24) is 0 Å². The minimum atomic E-state index is -1.40. The summed E-state index contributed by atoms with van der Waals surface area (Å²) in [6, 6.07) is 3.68. The first-order valence-corrected chi connectivity index (χ1v) is 5.23. The molecule has 0 saturated carbocycles. The standard InChI is InChI=1S/C13H16O3/c1-7(2)10-5-8(3)9(4)11(6-10)12(14)13(15)16/h5-7H,1-4H3,(H,15,16). The van der Waals surface area contributed by atoms with E-state index in [-0.39, 0.29) is 5.92 Å². The Kier molecular flexibility index (Phi) is 3.48. The molecule has 0 amide bonds. The highest BCUT2D eigenvalue weighted by molar-refractivity contribution is 6.40. The third-order valence-corrected chi connectivity index (χ3v) is 2.80. The molecule has 0 bridgehead atoms. The number of aryl methyl sites for hydroxylation is 1. The minimum absolute atomic E-state index is 0.277. The quantitative estimate of drug-likeness (QED) is 0.629. The van der Waals surface area contributed by atoms with Gasteiger partial charge in [0.15, 0.2) is 0 Å². The Labute approximate surface area is 95.1 Å². The van der Waals surface area contributed by atoms with Crippen LogP contribution in [0.3, 0.4) is 0 Å². The van der Waals surface area contributed by atoms with Crippen LogP contribution in [0.15, 0.2) is 12.1 Å². The number of hydrogen-bond acceptors (Lipinski definition) is 2. The van der Waals surface area contributed by atoms with Crippen LogP contribution in [0.25, 0.3) is 0 Å². The summed E-state index contributed by atoms with van der Waals surface area (Å²) in [5.41, 5.74) is 3.00. The molecule has 1 N–H and O–H groups in total. The number of carboxylic acids is 1. The fourth-order valence-corrected chi connectivity index (χ4v) is 1.57. The van der Waals surface area contributed by atoms with E-state index in [1.165, 1.54) is 0 Å². The van der Waals surface area contributed by atoms with Gasteiger partial charge in [0.25, 0.3) is 5.78 Å². The Hall–Kier alpha value is -1.64. The van der Waals surface area contributed by atoms with Crippen LogP contribution < -0.4 is 0 Å². The molecule has 1 rings (SSSR count). The first-order chi connectivity index (χ1) is 7.34. The van der Waals surface area contributed by atoms with Crippen molar-refractivity contribution >= 4 is 11.8 Å². The van der Waals surface area contributed by atoms with Crippen molar-refractivity contribution < 1.29 is 14.7 Å². The van der Waals surface area contributed by atoms with Crippen LogP contribution >= 0.6 is 0 Å². The number of carbonyl (C=O) groups is 2. The molecular formula is C13H16O3. The molecule has 1 aromatic rings. The second-order valence-corrected chi connectivity index (χ2v) is 4.30. The maximum Gasteiger partial charge on any atom is 0.377 e. The molecule has 0 heterocycles. The first kappa shape index (κ1) is 12.4. The van der Waals surface area contributed by atoms with Gasteiger partial charge in [-0.2, -0.15) is 0 Å². The van der Waals surface area contributed by atoms with Crippen molar-refractivity contribution in [2.75, 3.05) is 0 Å². The van der Waals surface area contributed by atoms with Crippen LogP contribution in [0, 0.1) is 13.8 Å². The molecule has 0 aliphatic carbocycles. The Morgan fingerprint density at radius 2 is 1.75 bits per heavy atom. The molecule has 0 unspecified atom stereocenters. The Bertz CT molecular complexity index is 445. The van der Waals surface area contributed by atoms with Crippen molar-refractivity contribution in [3.8, 4) is 0 Å². The highest BCUT2D eigenvalue weighted by Gasteiger charge is 2.19. The van der Waals surface area contributed by atoms with Crippen molar-refractivity contribution in [3.05, 3.63) is 34.4 Å². The topological polar surface area (TPSA) is 54.4 Å². The van der Waals surface area contributed by atoms with Gasteiger partial charge in [-0.1, -0.05) is 19.9 Å². The van der Waals surface area contributed by atoms with E-state index in [1.807, 2.05) is 26.8 Å². The lowest BCUT2D eigenvalue weighted by molar-refractivity contribution is -0.131. The summed E-state index contributed by atoms with van der Waals surface area (Å²) >= 11 is 0. The van der Waals surface area contributed by atoms with E-state index in [4.69, 9.17) is 5.11 Å². The van der Waals surface area contributed by atoms with Gasteiger partial charge in [0, 0.05) is 5.56 Å². The highest BCUT2D eigenvalue weighted by atomic mass is 16.4. The molecule has 0 radical (unpaired) electrons. The fourth-order valence-electron chi connectivity index (χ4n) is 1.57. The summed E-state index contributed by atoms with van der Waals surface area (Å²) in [6.45, 7) is 7.69. The molecule has 3 heteroatoms. The smallest absolute Gasteiger partial charge is 0.377 e. The zero-order chi connectivity index (χ0) is 12.5. The van der Waals surface area contributed by atoms with Crippen molar-refractivity contribution in [2.45, 2.75) is 33.6 Å². The summed E-state index contributed by atoms with van der Waals surface area (Å²) < 4.78 is 0. The predicted octanol–water partition coefficient (Wildman–Crippen LogP) is 2.69. The molecule has 0 atom stereocenters. The number of rotatable bonds is 3. The van der Waals surface area contributed by atoms with Crippen LogP contribution in [0.4, 0.5) is 0 Å². The van der Waals surface area contributed by atoms with Gasteiger partial charge in [0.1, 0.15) is 0 Å². The minimum Gasteiger partial charge on any atom is -0.475 e. The maximum atomic E-state index is 11.5. The molecule has 0 aromatic heterocycles. The predicted molar refractivity (Wildman–Crippen MR) is 62.0 cm³/mol. The average Bonchev–Trinajstić information content (AvgIpc) is 2.20. The molecule has 3 nitrogen and oxygen atoms in total. The summed E-state index contributed by atoms with van der Waals surface area (Å²) in [6.07, 6.45) is 0. The van der Waals surface area contributed by atoms with Crippen LogP contribution in [0.2, 0.25) is 0 Å². The SMILES string of the molecule is Cc1cc(C(C)C)cc(C(=O)C(=O)O)c1C. The number of Topliss-reactive ketones (excluding diaryl/α,β-unsaturated/α-hetero) is 1. The lowest BCUT2D eigenvalue weighted by Gasteiger charge is -2.12. The van der Waals surface area contributed by atoms with E-state index in [2.05, 4.69) is 0 Å². The van der Waals surface area contributed by atoms with Crippen molar-refractivity contribution in [2.24, 2.45) is 0 Å². The van der Waals surface area contributed by atoms with Gasteiger partial charge in [0.05, 0.1) is 0 Å². The Morgan fingerprint density at radius 3 is 2.19 bits per heavy atom. The number of aliphatic carboxylic acids is 1. The van der Waals surface area contributed by atoms with Gasteiger partial charge >= 0.3 is 5.97 Å². The highest BCUT2D eigenvalue weighted by Crippen LogP contribution is 2.22. The number of hydrogen-bond donors (Lipinski definition) is 1. The van der Waals surface area contributed by atoms with Gasteiger partial charge in [-0.3, -0.25) is 4.79 Å². The summed E-state index contributed by atoms with van der Waals surface area (Å²) in [4.78, 5) is 22.2. The van der Waals surface area contributed by atoms with E-state index in [1.54, 1.807) is 13.0 Å². The van der Waals surface area contributed by atoms with Crippen LogP contribution in [0.5, 0.6) is 0 Å². The van der Waals surface area contributed by atoms with Crippen molar-refractivity contribution in [3.63, 3.8) is 0 Å². The van der Waals surface area contributed by atoms with Gasteiger partial charge in [0.2, 0.25) is 0 Å². The van der Waals surface area contributed by atoms with E-state index in [0.717, 1.165) is 16.7 Å². The molecule has 0 spiro atoms. The van der Waals surface area contributed by atoms with Crippen LogP contribution in [-0.2, 0) is 4.79 Å². The van der Waals surface area contributed by atoms with Gasteiger partial charge < -0.3 is 5.11 Å². The molecular weight excluding hydrogens is 204 g/mol. The normalized spacial score (nSPS) is 10.6. The molecule has 16 heavy (non-hydrogen) atoms.